The smallest absolute Gasteiger partial charge is 0.325 e. The SMILES string of the molecule is Cc1ccc(Oc2ccccc2NC(=O)COC(=O)CNC(=O)c2ccc(Cl)cc2Cl)cc1. The lowest BCUT2D eigenvalue weighted by Gasteiger charge is -2.12. The standard InChI is InChI=1S/C24H20Cl2N2O5/c1-15-6-9-17(10-7-15)33-21-5-3-2-4-20(21)28-22(29)14-32-23(30)13-27-24(31)18-11-8-16(25)12-19(18)26/h2-12H,13-14H2,1H3,(H,27,31)(H,28,29). The summed E-state index contributed by atoms with van der Waals surface area (Å²) in [6.07, 6.45) is 0. The molecule has 0 aliphatic carbocycles. The van der Waals surface area contributed by atoms with Gasteiger partial charge in [0, 0.05) is 5.02 Å². The molecule has 7 nitrogen and oxygen atoms in total. The van der Waals surface area contributed by atoms with Crippen molar-refractivity contribution in [2.24, 2.45) is 0 Å². The van der Waals surface area contributed by atoms with Gasteiger partial charge in [0.25, 0.3) is 11.8 Å². The number of aryl methyl sites for hydroxylation is 1. The fraction of sp³-hybridized carbons (Fsp3) is 0.125. The highest BCUT2D eigenvalue weighted by molar-refractivity contribution is 6.36. The molecule has 0 unspecified atom stereocenters. The van der Waals surface area contributed by atoms with E-state index in [0.717, 1.165) is 5.56 Å². The molecule has 0 atom stereocenters. The molecule has 0 aliphatic rings. The van der Waals surface area contributed by atoms with E-state index in [1.807, 2.05) is 31.2 Å². The maximum atomic E-state index is 12.2. The van der Waals surface area contributed by atoms with E-state index in [0.29, 0.717) is 22.2 Å². The molecular weight excluding hydrogens is 467 g/mol. The number of nitrogens with one attached hydrogen (secondary N) is 2. The van der Waals surface area contributed by atoms with Crippen molar-refractivity contribution < 1.29 is 23.9 Å². The summed E-state index contributed by atoms with van der Waals surface area (Å²) in [7, 11) is 0. The Hall–Kier alpha value is -3.55. The van der Waals surface area contributed by atoms with Crippen LogP contribution >= 0.6 is 23.2 Å². The number of halogens is 2. The van der Waals surface area contributed by atoms with Crippen molar-refractivity contribution in [1.82, 2.24) is 5.32 Å². The topological polar surface area (TPSA) is 93.7 Å². The van der Waals surface area contributed by atoms with Gasteiger partial charge in [0.05, 0.1) is 16.3 Å². The Morgan fingerprint density at radius 3 is 2.39 bits per heavy atom. The van der Waals surface area contributed by atoms with E-state index in [2.05, 4.69) is 10.6 Å². The molecule has 0 spiro atoms. The van der Waals surface area contributed by atoms with Crippen molar-refractivity contribution in [2.45, 2.75) is 6.92 Å². The van der Waals surface area contributed by atoms with Crippen LogP contribution in [0.15, 0.2) is 66.7 Å². The highest BCUT2D eigenvalue weighted by Crippen LogP contribution is 2.29. The highest BCUT2D eigenvalue weighted by atomic mass is 35.5. The van der Waals surface area contributed by atoms with Crippen LogP contribution < -0.4 is 15.4 Å². The third-order valence-electron chi connectivity index (χ3n) is 4.34. The summed E-state index contributed by atoms with van der Waals surface area (Å²) in [4.78, 5) is 36.3. The first-order valence-corrected chi connectivity index (χ1v) is 10.6. The van der Waals surface area contributed by atoms with Crippen molar-refractivity contribution in [1.29, 1.82) is 0 Å². The number of carbonyl (C=O) groups excluding carboxylic acids is 3. The molecule has 3 aromatic rings. The van der Waals surface area contributed by atoms with Gasteiger partial charge in [0.1, 0.15) is 12.3 Å². The minimum atomic E-state index is -0.784. The van der Waals surface area contributed by atoms with Gasteiger partial charge in [-0.05, 0) is 49.4 Å². The molecule has 0 aliphatic heterocycles. The second-order valence-electron chi connectivity index (χ2n) is 6.93. The van der Waals surface area contributed by atoms with E-state index < -0.39 is 30.9 Å². The molecular formula is C24H20Cl2N2O5. The largest absolute Gasteiger partial charge is 0.455 e. The molecule has 0 saturated carbocycles. The fourth-order valence-electron chi connectivity index (χ4n) is 2.70. The van der Waals surface area contributed by atoms with Crippen LogP contribution in [-0.4, -0.2) is 30.9 Å². The van der Waals surface area contributed by atoms with Gasteiger partial charge in [0.2, 0.25) is 0 Å². The summed E-state index contributed by atoms with van der Waals surface area (Å²) in [6, 6.07) is 18.7. The highest BCUT2D eigenvalue weighted by Gasteiger charge is 2.14. The van der Waals surface area contributed by atoms with E-state index in [1.54, 1.807) is 24.3 Å². The van der Waals surface area contributed by atoms with E-state index >= 15 is 0 Å². The normalized spacial score (nSPS) is 10.3. The average Bonchev–Trinajstić information content (AvgIpc) is 2.79. The molecule has 2 amide bonds. The van der Waals surface area contributed by atoms with Crippen molar-refractivity contribution >= 4 is 46.7 Å². The molecule has 2 N–H and O–H groups in total. The lowest BCUT2D eigenvalue weighted by molar-refractivity contribution is -0.146. The lowest BCUT2D eigenvalue weighted by Crippen LogP contribution is -2.32. The summed E-state index contributed by atoms with van der Waals surface area (Å²) in [5.74, 6) is -0.859. The summed E-state index contributed by atoms with van der Waals surface area (Å²) >= 11 is 11.8. The first-order valence-electron chi connectivity index (χ1n) is 9.84. The number of para-hydroxylation sites is 2. The number of esters is 1. The minimum absolute atomic E-state index is 0.152. The van der Waals surface area contributed by atoms with Gasteiger partial charge < -0.3 is 20.1 Å². The van der Waals surface area contributed by atoms with Gasteiger partial charge >= 0.3 is 5.97 Å². The van der Waals surface area contributed by atoms with Gasteiger partial charge in [-0.25, -0.2) is 0 Å². The van der Waals surface area contributed by atoms with E-state index in [4.69, 9.17) is 32.7 Å². The first-order chi connectivity index (χ1) is 15.8. The molecule has 0 radical (unpaired) electrons. The predicted octanol–water partition coefficient (Wildman–Crippen LogP) is 5.01. The molecule has 33 heavy (non-hydrogen) atoms. The van der Waals surface area contributed by atoms with Crippen LogP contribution in [0.5, 0.6) is 11.5 Å². The molecule has 9 heteroatoms. The van der Waals surface area contributed by atoms with Crippen molar-refractivity contribution in [3.05, 3.63) is 87.9 Å². The number of hydrogen-bond acceptors (Lipinski definition) is 5. The Labute approximate surface area is 200 Å². The Morgan fingerprint density at radius 2 is 1.67 bits per heavy atom. The Morgan fingerprint density at radius 1 is 0.939 bits per heavy atom. The number of ether oxygens (including phenoxy) is 2. The molecule has 0 fully saturated rings. The van der Waals surface area contributed by atoms with Crippen LogP contribution in [0.2, 0.25) is 10.0 Å². The van der Waals surface area contributed by atoms with E-state index in [9.17, 15) is 14.4 Å². The molecule has 0 saturated heterocycles. The van der Waals surface area contributed by atoms with E-state index in [-0.39, 0.29) is 10.6 Å². The second-order valence-corrected chi connectivity index (χ2v) is 7.77. The fourth-order valence-corrected chi connectivity index (χ4v) is 3.19. The monoisotopic (exact) mass is 486 g/mol. The van der Waals surface area contributed by atoms with E-state index in [1.165, 1.54) is 18.2 Å². The Balaban J connectivity index is 1.48. The van der Waals surface area contributed by atoms with Gasteiger partial charge in [-0.15, -0.1) is 0 Å². The second kappa shape index (κ2) is 11.4. The zero-order valence-electron chi connectivity index (χ0n) is 17.6. The molecule has 170 valence electrons. The zero-order chi connectivity index (χ0) is 23.8. The number of carbonyl (C=O) groups is 3. The Kier molecular flexibility index (Phi) is 8.29. The quantitative estimate of drug-likeness (QED) is 0.436. The summed E-state index contributed by atoms with van der Waals surface area (Å²) < 4.78 is 10.7. The maximum Gasteiger partial charge on any atom is 0.325 e. The number of rotatable bonds is 8. The molecule has 3 rings (SSSR count). The predicted molar refractivity (Wildman–Crippen MR) is 126 cm³/mol. The van der Waals surface area contributed by atoms with Crippen LogP contribution in [0.4, 0.5) is 5.69 Å². The number of benzene rings is 3. The minimum Gasteiger partial charge on any atom is -0.455 e. The Bertz CT molecular complexity index is 1170. The third-order valence-corrected chi connectivity index (χ3v) is 4.89. The summed E-state index contributed by atoms with van der Waals surface area (Å²) in [5, 5.41) is 5.56. The van der Waals surface area contributed by atoms with Crippen molar-refractivity contribution in [2.75, 3.05) is 18.5 Å². The average molecular weight is 487 g/mol. The molecule has 3 aromatic carbocycles. The van der Waals surface area contributed by atoms with Crippen LogP contribution in [0.3, 0.4) is 0 Å². The lowest BCUT2D eigenvalue weighted by atomic mass is 10.2. The number of anilines is 1. The van der Waals surface area contributed by atoms with Crippen LogP contribution in [-0.2, 0) is 14.3 Å². The molecule has 0 heterocycles. The van der Waals surface area contributed by atoms with Crippen LogP contribution in [0, 0.1) is 6.92 Å². The molecule has 0 aromatic heterocycles. The first kappa shape index (κ1) is 24.1. The van der Waals surface area contributed by atoms with Crippen molar-refractivity contribution in [3.8, 4) is 11.5 Å². The van der Waals surface area contributed by atoms with Crippen LogP contribution in [0.25, 0.3) is 0 Å². The van der Waals surface area contributed by atoms with Crippen LogP contribution in [0.1, 0.15) is 15.9 Å². The maximum absolute atomic E-state index is 12.2. The van der Waals surface area contributed by atoms with Gasteiger partial charge in [-0.1, -0.05) is 53.0 Å². The number of amides is 2. The molecule has 0 bridgehead atoms. The van der Waals surface area contributed by atoms with Gasteiger partial charge in [-0.2, -0.15) is 0 Å². The third kappa shape index (κ3) is 7.24. The zero-order valence-corrected chi connectivity index (χ0v) is 19.1. The van der Waals surface area contributed by atoms with Gasteiger partial charge in [0.15, 0.2) is 12.4 Å². The summed E-state index contributed by atoms with van der Waals surface area (Å²) in [5.41, 5.74) is 1.68. The van der Waals surface area contributed by atoms with Gasteiger partial charge in [-0.3, -0.25) is 14.4 Å². The number of hydrogen-bond donors (Lipinski definition) is 2. The van der Waals surface area contributed by atoms with Crippen molar-refractivity contribution in [3.63, 3.8) is 0 Å². The summed E-state index contributed by atoms with van der Waals surface area (Å²) in [6.45, 7) is 1.00.